The normalized spacial score (nSPS) is 27.6. The maximum absolute atomic E-state index is 12.9. The lowest BCUT2D eigenvalue weighted by molar-refractivity contribution is -0.153. The van der Waals surface area contributed by atoms with E-state index < -0.39 is 0 Å². The maximum atomic E-state index is 12.9. The van der Waals surface area contributed by atoms with Gasteiger partial charge in [0.2, 0.25) is 11.8 Å². The zero-order chi connectivity index (χ0) is 15.0. The zero-order valence-corrected chi connectivity index (χ0v) is 13.4. The minimum absolute atomic E-state index is 0.0176. The van der Waals surface area contributed by atoms with E-state index in [1.165, 1.54) is 4.88 Å². The van der Waals surface area contributed by atoms with E-state index in [2.05, 4.69) is 18.3 Å². The minimum atomic E-state index is -0.334. The molecule has 1 N–H and O–H groups in total. The second kappa shape index (κ2) is 5.79. The van der Waals surface area contributed by atoms with Crippen LogP contribution in [0.4, 0.5) is 0 Å². The summed E-state index contributed by atoms with van der Waals surface area (Å²) in [5, 5.41) is 4.99. The van der Waals surface area contributed by atoms with Crippen LogP contribution in [0.1, 0.15) is 50.4 Å². The molecule has 3 rings (SSSR count). The monoisotopic (exact) mass is 306 g/mol. The molecule has 114 valence electrons. The maximum Gasteiger partial charge on any atom is 0.246 e. The molecule has 1 saturated heterocycles. The van der Waals surface area contributed by atoms with Crippen molar-refractivity contribution in [2.45, 2.75) is 57.7 Å². The summed E-state index contributed by atoms with van der Waals surface area (Å²) in [6.07, 6.45) is 3.61. The van der Waals surface area contributed by atoms with Crippen LogP contribution >= 0.6 is 11.3 Å². The number of hydrogen-bond acceptors (Lipinski definition) is 3. The van der Waals surface area contributed by atoms with Gasteiger partial charge in [-0.25, -0.2) is 0 Å². The molecule has 1 aliphatic heterocycles. The van der Waals surface area contributed by atoms with Crippen LogP contribution < -0.4 is 5.32 Å². The molecule has 2 heterocycles. The van der Waals surface area contributed by atoms with Crippen LogP contribution in [-0.2, 0) is 9.59 Å². The van der Waals surface area contributed by atoms with Gasteiger partial charge in [-0.05, 0) is 43.0 Å². The number of nitrogens with zero attached hydrogens (tertiary/aromatic N) is 1. The van der Waals surface area contributed by atoms with Crippen molar-refractivity contribution in [1.29, 1.82) is 0 Å². The van der Waals surface area contributed by atoms with Gasteiger partial charge in [0, 0.05) is 4.88 Å². The molecule has 0 bridgehead atoms. The van der Waals surface area contributed by atoms with Gasteiger partial charge in [-0.3, -0.25) is 9.59 Å². The summed E-state index contributed by atoms with van der Waals surface area (Å²) >= 11 is 1.66. The van der Waals surface area contributed by atoms with Gasteiger partial charge in [0.1, 0.15) is 12.1 Å². The summed E-state index contributed by atoms with van der Waals surface area (Å²) in [7, 11) is 0. The predicted molar refractivity (Wildman–Crippen MR) is 82.9 cm³/mol. The fraction of sp³-hybridized carbons (Fsp3) is 0.625. The fourth-order valence-corrected chi connectivity index (χ4v) is 4.18. The van der Waals surface area contributed by atoms with Crippen molar-refractivity contribution in [3.63, 3.8) is 0 Å². The highest BCUT2D eigenvalue weighted by Crippen LogP contribution is 2.39. The van der Waals surface area contributed by atoms with Crippen molar-refractivity contribution in [2.75, 3.05) is 0 Å². The molecule has 1 aromatic rings. The van der Waals surface area contributed by atoms with Gasteiger partial charge in [0.15, 0.2) is 0 Å². The topological polar surface area (TPSA) is 49.4 Å². The Hall–Kier alpha value is -1.36. The van der Waals surface area contributed by atoms with Crippen molar-refractivity contribution in [3.8, 4) is 0 Å². The third-order valence-corrected chi connectivity index (χ3v) is 5.50. The molecule has 0 spiro atoms. The number of carbonyl (C=O) groups excluding carboxylic acids is 2. The molecule has 1 aliphatic carbocycles. The van der Waals surface area contributed by atoms with E-state index in [1.807, 2.05) is 23.3 Å². The Labute approximate surface area is 129 Å². The molecule has 2 amide bonds. The third-order valence-electron chi connectivity index (χ3n) is 4.53. The van der Waals surface area contributed by atoms with Crippen molar-refractivity contribution < 1.29 is 9.59 Å². The summed E-state index contributed by atoms with van der Waals surface area (Å²) in [5.41, 5.74) is 0. The highest BCUT2D eigenvalue weighted by molar-refractivity contribution is 7.10. The summed E-state index contributed by atoms with van der Waals surface area (Å²) in [6, 6.07) is 3.47. The Balaban J connectivity index is 1.93. The number of hydrogen-bond donors (Lipinski definition) is 1. The Kier molecular flexibility index (Phi) is 4.02. The lowest BCUT2D eigenvalue weighted by Gasteiger charge is -2.43. The van der Waals surface area contributed by atoms with Crippen LogP contribution in [0.5, 0.6) is 0 Å². The van der Waals surface area contributed by atoms with Crippen molar-refractivity contribution in [3.05, 3.63) is 22.4 Å². The predicted octanol–water partition coefficient (Wildman–Crippen LogP) is 2.71. The molecule has 5 heteroatoms. The van der Waals surface area contributed by atoms with Crippen LogP contribution in [0.2, 0.25) is 0 Å². The molecule has 4 nitrogen and oxygen atoms in total. The van der Waals surface area contributed by atoms with E-state index in [0.717, 1.165) is 19.3 Å². The Morgan fingerprint density at radius 3 is 2.67 bits per heavy atom. The Morgan fingerprint density at radius 2 is 2.14 bits per heavy atom. The first kappa shape index (κ1) is 14.6. The molecule has 2 fully saturated rings. The number of thiophene rings is 1. The van der Waals surface area contributed by atoms with Crippen LogP contribution in [0.15, 0.2) is 17.5 Å². The SMILES string of the molecule is CCC1C(=O)NC(C2CC2)C(=O)N1C(CC)c1cccs1. The lowest BCUT2D eigenvalue weighted by atomic mass is 9.97. The summed E-state index contributed by atoms with van der Waals surface area (Å²) in [5.74, 6) is 0.482. The second-order valence-electron chi connectivity index (χ2n) is 5.93. The molecule has 3 unspecified atom stereocenters. The number of nitrogens with one attached hydrogen (secondary N) is 1. The zero-order valence-electron chi connectivity index (χ0n) is 12.5. The van der Waals surface area contributed by atoms with E-state index in [-0.39, 0.29) is 29.9 Å². The van der Waals surface area contributed by atoms with E-state index in [0.29, 0.717) is 12.3 Å². The lowest BCUT2D eigenvalue weighted by Crippen LogP contribution is -2.64. The standard InChI is InChI=1S/C16H22N2O2S/c1-3-11(13-6-5-9-21-13)18-12(4-2)15(19)17-14(16(18)20)10-7-8-10/h5-6,9-12,14H,3-4,7-8H2,1-2H3,(H,17,19). The molecule has 3 atom stereocenters. The van der Waals surface area contributed by atoms with E-state index in [1.54, 1.807) is 11.3 Å². The summed E-state index contributed by atoms with van der Waals surface area (Å²) < 4.78 is 0. The molecule has 0 radical (unpaired) electrons. The van der Waals surface area contributed by atoms with Gasteiger partial charge in [-0.1, -0.05) is 19.9 Å². The Morgan fingerprint density at radius 1 is 1.38 bits per heavy atom. The molecule has 1 saturated carbocycles. The quantitative estimate of drug-likeness (QED) is 0.909. The highest BCUT2D eigenvalue weighted by atomic mass is 32.1. The van der Waals surface area contributed by atoms with Gasteiger partial charge >= 0.3 is 0 Å². The smallest absolute Gasteiger partial charge is 0.246 e. The van der Waals surface area contributed by atoms with Crippen LogP contribution in [0, 0.1) is 5.92 Å². The first-order valence-electron chi connectivity index (χ1n) is 7.83. The summed E-state index contributed by atoms with van der Waals surface area (Å²) in [4.78, 5) is 28.4. The molecule has 21 heavy (non-hydrogen) atoms. The largest absolute Gasteiger partial charge is 0.342 e. The van der Waals surface area contributed by atoms with Crippen LogP contribution in [0.25, 0.3) is 0 Å². The molecule has 2 aliphatic rings. The van der Waals surface area contributed by atoms with Gasteiger partial charge in [0.05, 0.1) is 6.04 Å². The van der Waals surface area contributed by atoms with E-state index in [9.17, 15) is 9.59 Å². The van der Waals surface area contributed by atoms with Gasteiger partial charge in [-0.15, -0.1) is 11.3 Å². The third kappa shape index (κ3) is 2.59. The number of carbonyl (C=O) groups is 2. The van der Waals surface area contributed by atoms with Gasteiger partial charge < -0.3 is 10.2 Å². The van der Waals surface area contributed by atoms with E-state index in [4.69, 9.17) is 0 Å². The fourth-order valence-electron chi connectivity index (χ4n) is 3.27. The minimum Gasteiger partial charge on any atom is -0.342 e. The molecular weight excluding hydrogens is 284 g/mol. The van der Waals surface area contributed by atoms with Gasteiger partial charge in [0.25, 0.3) is 0 Å². The van der Waals surface area contributed by atoms with E-state index >= 15 is 0 Å². The Bertz CT molecular complexity index is 524. The number of piperazine rings is 1. The van der Waals surface area contributed by atoms with Crippen molar-refractivity contribution in [1.82, 2.24) is 10.2 Å². The second-order valence-corrected chi connectivity index (χ2v) is 6.91. The first-order chi connectivity index (χ1) is 10.2. The summed E-state index contributed by atoms with van der Waals surface area (Å²) in [6.45, 7) is 4.06. The average molecular weight is 306 g/mol. The number of rotatable bonds is 5. The molecule has 0 aromatic carbocycles. The highest BCUT2D eigenvalue weighted by Gasteiger charge is 2.48. The first-order valence-corrected chi connectivity index (χ1v) is 8.71. The average Bonchev–Trinajstić information content (AvgIpc) is 3.18. The van der Waals surface area contributed by atoms with Gasteiger partial charge in [-0.2, -0.15) is 0 Å². The molecule has 1 aromatic heterocycles. The van der Waals surface area contributed by atoms with Crippen LogP contribution in [-0.4, -0.2) is 28.8 Å². The van der Waals surface area contributed by atoms with Crippen molar-refractivity contribution >= 4 is 23.2 Å². The van der Waals surface area contributed by atoms with Crippen molar-refractivity contribution in [2.24, 2.45) is 5.92 Å². The molecular formula is C16H22N2O2S. The van der Waals surface area contributed by atoms with Crippen LogP contribution in [0.3, 0.4) is 0 Å². The number of amides is 2.